The zero-order valence-electron chi connectivity index (χ0n) is 10.5. The molecule has 1 aromatic rings. The van der Waals surface area contributed by atoms with Gasteiger partial charge in [-0.05, 0) is 50.4 Å². The molecule has 1 aromatic carbocycles. The summed E-state index contributed by atoms with van der Waals surface area (Å²) in [7, 11) is 2.04. The molecule has 0 aliphatic carbocycles. The molecule has 0 fully saturated rings. The smallest absolute Gasteiger partial charge is 0.0437 e. The van der Waals surface area contributed by atoms with E-state index in [2.05, 4.69) is 30.4 Å². The van der Waals surface area contributed by atoms with Crippen LogP contribution in [0.1, 0.15) is 37.3 Å². The van der Waals surface area contributed by atoms with Crippen LogP contribution in [0.3, 0.4) is 0 Å². The molecular formula is C14H22ClN. The molecule has 0 saturated carbocycles. The van der Waals surface area contributed by atoms with Crippen LogP contribution < -0.4 is 5.32 Å². The first-order valence-corrected chi connectivity index (χ1v) is 6.47. The number of hydrogen-bond acceptors (Lipinski definition) is 1. The van der Waals surface area contributed by atoms with Gasteiger partial charge in [0, 0.05) is 11.1 Å². The summed E-state index contributed by atoms with van der Waals surface area (Å²) < 4.78 is 0. The molecule has 0 aliphatic rings. The maximum absolute atomic E-state index is 6.11. The van der Waals surface area contributed by atoms with Crippen molar-refractivity contribution in [1.82, 2.24) is 5.32 Å². The molecule has 1 atom stereocenters. The molecule has 0 amide bonds. The summed E-state index contributed by atoms with van der Waals surface area (Å²) in [6, 6.07) is 7.01. The molecule has 1 unspecified atom stereocenters. The third kappa shape index (κ3) is 4.15. The van der Waals surface area contributed by atoms with E-state index in [1.54, 1.807) is 0 Å². The Morgan fingerprint density at radius 3 is 2.62 bits per heavy atom. The van der Waals surface area contributed by atoms with Gasteiger partial charge in [0.15, 0.2) is 0 Å². The van der Waals surface area contributed by atoms with E-state index in [0.717, 1.165) is 17.0 Å². The molecule has 0 aliphatic heterocycles. The van der Waals surface area contributed by atoms with Crippen molar-refractivity contribution in [2.24, 2.45) is 0 Å². The van der Waals surface area contributed by atoms with Crippen LogP contribution in [-0.4, -0.2) is 13.1 Å². The molecule has 16 heavy (non-hydrogen) atoms. The molecule has 0 radical (unpaired) electrons. The predicted molar refractivity (Wildman–Crippen MR) is 72.3 cm³/mol. The summed E-state index contributed by atoms with van der Waals surface area (Å²) >= 11 is 6.11. The van der Waals surface area contributed by atoms with E-state index in [9.17, 15) is 0 Å². The van der Waals surface area contributed by atoms with Gasteiger partial charge < -0.3 is 5.32 Å². The molecule has 1 rings (SSSR count). The molecule has 0 aromatic heterocycles. The maximum Gasteiger partial charge on any atom is 0.0437 e. The number of aryl methyl sites for hydroxylation is 2. The molecule has 0 heterocycles. The van der Waals surface area contributed by atoms with Gasteiger partial charge in [-0.3, -0.25) is 0 Å². The molecule has 1 nitrogen and oxygen atoms in total. The maximum atomic E-state index is 6.11. The van der Waals surface area contributed by atoms with Gasteiger partial charge >= 0.3 is 0 Å². The van der Waals surface area contributed by atoms with Gasteiger partial charge in [0.2, 0.25) is 0 Å². The van der Waals surface area contributed by atoms with Gasteiger partial charge in [-0.2, -0.15) is 0 Å². The number of nitrogens with one attached hydrogen (secondary N) is 1. The molecule has 0 bridgehead atoms. The average molecular weight is 240 g/mol. The van der Waals surface area contributed by atoms with Gasteiger partial charge in [0.25, 0.3) is 0 Å². The summed E-state index contributed by atoms with van der Waals surface area (Å²) in [4.78, 5) is 0. The van der Waals surface area contributed by atoms with Crippen molar-refractivity contribution in [2.75, 3.05) is 7.05 Å². The van der Waals surface area contributed by atoms with Crippen molar-refractivity contribution < 1.29 is 0 Å². The van der Waals surface area contributed by atoms with Crippen LogP contribution in [0.5, 0.6) is 0 Å². The molecule has 0 spiro atoms. The highest BCUT2D eigenvalue weighted by atomic mass is 35.5. The highest BCUT2D eigenvalue weighted by Gasteiger charge is 2.05. The zero-order chi connectivity index (χ0) is 12.0. The Hall–Kier alpha value is -0.530. The van der Waals surface area contributed by atoms with E-state index in [0.29, 0.717) is 6.04 Å². The lowest BCUT2D eigenvalue weighted by molar-refractivity contribution is 0.484. The third-order valence-electron chi connectivity index (χ3n) is 3.06. The second kappa shape index (κ2) is 6.93. The number of hydrogen-bond donors (Lipinski definition) is 1. The van der Waals surface area contributed by atoms with E-state index in [1.165, 1.54) is 24.8 Å². The Morgan fingerprint density at radius 1 is 1.31 bits per heavy atom. The van der Waals surface area contributed by atoms with Crippen LogP contribution in [-0.2, 0) is 6.42 Å². The van der Waals surface area contributed by atoms with Crippen molar-refractivity contribution in [3.63, 3.8) is 0 Å². The van der Waals surface area contributed by atoms with Gasteiger partial charge in [0.05, 0.1) is 0 Å². The molecule has 90 valence electrons. The Labute approximate surface area is 104 Å². The van der Waals surface area contributed by atoms with Crippen LogP contribution in [0.4, 0.5) is 0 Å². The van der Waals surface area contributed by atoms with Crippen LogP contribution in [0, 0.1) is 6.92 Å². The number of rotatable bonds is 6. The van der Waals surface area contributed by atoms with E-state index in [1.807, 2.05) is 14.0 Å². The minimum absolute atomic E-state index is 0.630. The molecular weight excluding hydrogens is 218 g/mol. The summed E-state index contributed by atoms with van der Waals surface area (Å²) in [5, 5.41) is 4.25. The monoisotopic (exact) mass is 239 g/mol. The largest absolute Gasteiger partial charge is 0.317 e. The molecule has 1 N–H and O–H groups in total. The first kappa shape index (κ1) is 13.5. The summed E-state index contributed by atoms with van der Waals surface area (Å²) in [5.74, 6) is 0. The van der Waals surface area contributed by atoms with Gasteiger partial charge in [0.1, 0.15) is 0 Å². The van der Waals surface area contributed by atoms with Gasteiger partial charge in [-0.1, -0.05) is 37.1 Å². The Kier molecular flexibility index (Phi) is 5.86. The van der Waals surface area contributed by atoms with Crippen molar-refractivity contribution in [1.29, 1.82) is 0 Å². The Bertz CT molecular complexity index is 323. The summed E-state index contributed by atoms with van der Waals surface area (Å²) in [6.07, 6.45) is 4.77. The molecule has 2 heteroatoms. The number of halogens is 1. The van der Waals surface area contributed by atoms with Gasteiger partial charge in [-0.25, -0.2) is 0 Å². The second-order valence-electron chi connectivity index (χ2n) is 4.40. The lowest BCUT2D eigenvalue weighted by Crippen LogP contribution is -2.25. The normalized spacial score (nSPS) is 12.8. The Balaban J connectivity index is 2.50. The van der Waals surface area contributed by atoms with Crippen molar-refractivity contribution >= 4 is 11.6 Å². The number of benzene rings is 1. The SMILES string of the molecule is CCCC(CCc1ccc(C)c(Cl)c1)NC. The van der Waals surface area contributed by atoms with Crippen LogP contribution in [0.25, 0.3) is 0 Å². The van der Waals surface area contributed by atoms with E-state index in [4.69, 9.17) is 11.6 Å². The first-order valence-electron chi connectivity index (χ1n) is 6.09. The topological polar surface area (TPSA) is 12.0 Å². The lowest BCUT2D eigenvalue weighted by atomic mass is 10.0. The first-order chi connectivity index (χ1) is 7.67. The van der Waals surface area contributed by atoms with Crippen LogP contribution >= 0.6 is 11.6 Å². The zero-order valence-corrected chi connectivity index (χ0v) is 11.3. The fourth-order valence-corrected chi connectivity index (χ4v) is 2.12. The second-order valence-corrected chi connectivity index (χ2v) is 4.80. The van der Waals surface area contributed by atoms with Crippen molar-refractivity contribution in [3.8, 4) is 0 Å². The fourth-order valence-electron chi connectivity index (χ4n) is 1.91. The van der Waals surface area contributed by atoms with E-state index in [-0.39, 0.29) is 0 Å². The average Bonchev–Trinajstić information content (AvgIpc) is 2.28. The lowest BCUT2D eigenvalue weighted by Gasteiger charge is -2.15. The summed E-state index contributed by atoms with van der Waals surface area (Å²) in [6.45, 7) is 4.27. The van der Waals surface area contributed by atoms with E-state index < -0.39 is 0 Å². The van der Waals surface area contributed by atoms with Crippen molar-refractivity contribution in [3.05, 3.63) is 34.3 Å². The molecule has 0 saturated heterocycles. The van der Waals surface area contributed by atoms with Crippen LogP contribution in [0.15, 0.2) is 18.2 Å². The standard InChI is InChI=1S/C14H22ClN/c1-4-5-13(16-3)9-8-12-7-6-11(2)14(15)10-12/h6-7,10,13,16H,4-5,8-9H2,1-3H3. The predicted octanol–water partition coefficient (Wildman–Crippen LogP) is 3.97. The Morgan fingerprint density at radius 2 is 2.06 bits per heavy atom. The van der Waals surface area contributed by atoms with E-state index >= 15 is 0 Å². The quantitative estimate of drug-likeness (QED) is 0.792. The summed E-state index contributed by atoms with van der Waals surface area (Å²) in [5.41, 5.74) is 2.50. The third-order valence-corrected chi connectivity index (χ3v) is 3.47. The fraction of sp³-hybridized carbons (Fsp3) is 0.571. The minimum atomic E-state index is 0.630. The minimum Gasteiger partial charge on any atom is -0.317 e. The van der Waals surface area contributed by atoms with Crippen LogP contribution in [0.2, 0.25) is 5.02 Å². The van der Waals surface area contributed by atoms with Gasteiger partial charge in [-0.15, -0.1) is 0 Å². The van der Waals surface area contributed by atoms with Crippen molar-refractivity contribution in [2.45, 2.75) is 45.6 Å². The highest BCUT2D eigenvalue weighted by molar-refractivity contribution is 6.31. The highest BCUT2D eigenvalue weighted by Crippen LogP contribution is 2.18.